The highest BCUT2D eigenvalue weighted by Gasteiger charge is 2.27. The van der Waals surface area contributed by atoms with Crippen LogP contribution >= 0.6 is 23.2 Å². The summed E-state index contributed by atoms with van der Waals surface area (Å²) in [6.45, 7) is 0. The number of imide groups is 1. The monoisotopic (exact) mass is 370 g/mol. The third kappa shape index (κ3) is 3.87. The summed E-state index contributed by atoms with van der Waals surface area (Å²) in [4.78, 5) is 31.1. The van der Waals surface area contributed by atoms with Gasteiger partial charge in [-0.2, -0.15) is 0 Å². The smallest absolute Gasteiger partial charge is 0.266 e. The number of carbonyl (C=O) groups excluding carboxylic acids is 2. The minimum atomic E-state index is -0.522. The van der Waals surface area contributed by atoms with Crippen LogP contribution in [0.5, 0.6) is 0 Å². The first-order valence-electron chi connectivity index (χ1n) is 7.37. The molecule has 0 spiro atoms. The van der Waals surface area contributed by atoms with Crippen LogP contribution in [0.2, 0.25) is 10.0 Å². The summed E-state index contributed by atoms with van der Waals surface area (Å²) in [6, 6.07) is 17.8. The first kappa shape index (κ1) is 17.1. The van der Waals surface area contributed by atoms with Crippen molar-refractivity contribution in [1.82, 2.24) is 4.98 Å². The van der Waals surface area contributed by atoms with E-state index in [1.54, 1.807) is 54.6 Å². The molecule has 3 rings (SSSR count). The van der Waals surface area contributed by atoms with Gasteiger partial charge in [0, 0.05) is 27.4 Å². The first-order valence-corrected chi connectivity index (χ1v) is 8.13. The highest BCUT2D eigenvalue weighted by molar-refractivity contribution is 6.32. The van der Waals surface area contributed by atoms with Crippen LogP contribution in [0.1, 0.15) is 20.7 Å². The molecule has 0 aliphatic carbocycles. The van der Waals surface area contributed by atoms with E-state index in [2.05, 4.69) is 4.98 Å². The molecule has 2 aromatic carbocycles. The molecule has 0 saturated carbocycles. The van der Waals surface area contributed by atoms with E-state index in [9.17, 15) is 9.59 Å². The van der Waals surface area contributed by atoms with Gasteiger partial charge in [0.25, 0.3) is 11.8 Å². The number of nitrogens with zero attached hydrogens (tertiary/aromatic N) is 2. The second-order valence-corrected chi connectivity index (χ2v) is 6.03. The molecule has 0 radical (unpaired) electrons. The molecule has 0 fully saturated rings. The maximum Gasteiger partial charge on any atom is 0.266 e. The summed E-state index contributed by atoms with van der Waals surface area (Å²) >= 11 is 11.9. The van der Waals surface area contributed by atoms with Crippen molar-refractivity contribution in [2.24, 2.45) is 0 Å². The maximum atomic E-state index is 13.0. The summed E-state index contributed by atoms with van der Waals surface area (Å²) in [5, 5.41) is 0.809. The lowest BCUT2D eigenvalue weighted by Crippen LogP contribution is -2.37. The Labute approximate surface area is 154 Å². The van der Waals surface area contributed by atoms with E-state index in [4.69, 9.17) is 23.2 Å². The lowest BCUT2D eigenvalue weighted by Gasteiger charge is -2.20. The highest BCUT2D eigenvalue weighted by atomic mass is 35.5. The zero-order valence-corrected chi connectivity index (χ0v) is 14.4. The summed E-state index contributed by atoms with van der Waals surface area (Å²) < 4.78 is 0. The molecule has 0 atom stereocenters. The Morgan fingerprint density at radius 2 is 1.32 bits per heavy atom. The number of halogens is 2. The summed E-state index contributed by atoms with van der Waals surface area (Å²) in [7, 11) is 0. The third-order valence-corrected chi connectivity index (χ3v) is 3.90. The number of aromatic nitrogens is 1. The zero-order valence-electron chi connectivity index (χ0n) is 12.9. The molecule has 2 amide bonds. The molecule has 0 aliphatic heterocycles. The van der Waals surface area contributed by atoms with E-state index in [0.717, 1.165) is 4.90 Å². The van der Waals surface area contributed by atoms with E-state index in [1.807, 2.05) is 0 Å². The van der Waals surface area contributed by atoms with Gasteiger partial charge in [-0.3, -0.25) is 9.59 Å². The third-order valence-electron chi connectivity index (χ3n) is 3.43. The molecule has 0 aliphatic rings. The SMILES string of the molecule is O=C(c1cccc(Cl)c1)N(C(=O)c1cccc(Cl)c1)c1ccccn1. The second kappa shape index (κ2) is 7.47. The Kier molecular flexibility index (Phi) is 5.12. The molecule has 25 heavy (non-hydrogen) atoms. The minimum Gasteiger partial charge on any atom is -0.268 e. The molecule has 0 bridgehead atoms. The van der Waals surface area contributed by atoms with Gasteiger partial charge in [0.05, 0.1) is 0 Å². The van der Waals surface area contributed by atoms with E-state index in [1.165, 1.54) is 18.3 Å². The number of hydrogen-bond acceptors (Lipinski definition) is 3. The number of pyridine rings is 1. The van der Waals surface area contributed by atoms with Gasteiger partial charge in [-0.15, -0.1) is 0 Å². The number of rotatable bonds is 3. The zero-order chi connectivity index (χ0) is 17.8. The standard InChI is InChI=1S/C19H12Cl2N2O2/c20-15-7-3-5-13(11-15)18(24)23(17-9-1-2-10-22-17)19(25)14-6-4-8-16(21)12-14/h1-12H. The van der Waals surface area contributed by atoms with Gasteiger partial charge < -0.3 is 0 Å². The van der Waals surface area contributed by atoms with Gasteiger partial charge in [0.15, 0.2) is 0 Å². The lowest BCUT2D eigenvalue weighted by atomic mass is 10.1. The van der Waals surface area contributed by atoms with Crippen molar-refractivity contribution in [2.45, 2.75) is 0 Å². The summed E-state index contributed by atoms with van der Waals surface area (Å²) in [5.74, 6) is -0.824. The average Bonchev–Trinajstić information content (AvgIpc) is 2.62. The summed E-state index contributed by atoms with van der Waals surface area (Å²) in [6.07, 6.45) is 1.51. The van der Waals surface area contributed by atoms with Gasteiger partial charge in [-0.1, -0.05) is 41.4 Å². The Morgan fingerprint density at radius 3 is 1.76 bits per heavy atom. The van der Waals surface area contributed by atoms with Crippen molar-refractivity contribution in [2.75, 3.05) is 4.90 Å². The van der Waals surface area contributed by atoms with Gasteiger partial charge in [-0.25, -0.2) is 9.88 Å². The van der Waals surface area contributed by atoms with E-state index in [-0.39, 0.29) is 16.9 Å². The van der Waals surface area contributed by atoms with Crippen molar-refractivity contribution < 1.29 is 9.59 Å². The Hall–Kier alpha value is -2.69. The van der Waals surface area contributed by atoms with Gasteiger partial charge in [-0.05, 0) is 48.5 Å². The van der Waals surface area contributed by atoms with Crippen molar-refractivity contribution in [1.29, 1.82) is 0 Å². The normalized spacial score (nSPS) is 10.3. The second-order valence-electron chi connectivity index (χ2n) is 5.15. The van der Waals surface area contributed by atoms with Gasteiger partial charge in [0.1, 0.15) is 5.82 Å². The molecular formula is C19H12Cl2N2O2. The van der Waals surface area contributed by atoms with E-state index >= 15 is 0 Å². The topological polar surface area (TPSA) is 50.3 Å². The fourth-order valence-corrected chi connectivity index (χ4v) is 2.67. The predicted octanol–water partition coefficient (Wildman–Crippen LogP) is 4.88. The number of amides is 2. The molecule has 124 valence electrons. The quantitative estimate of drug-likeness (QED) is 0.617. The van der Waals surface area contributed by atoms with E-state index < -0.39 is 11.8 Å². The van der Waals surface area contributed by atoms with Crippen molar-refractivity contribution in [3.63, 3.8) is 0 Å². The molecule has 0 N–H and O–H groups in total. The van der Waals surface area contributed by atoms with Crippen LogP contribution in [-0.4, -0.2) is 16.8 Å². The van der Waals surface area contributed by atoms with Crippen LogP contribution in [0.3, 0.4) is 0 Å². The number of anilines is 1. The van der Waals surface area contributed by atoms with Crippen molar-refractivity contribution >= 4 is 40.8 Å². The van der Waals surface area contributed by atoms with Gasteiger partial charge in [0.2, 0.25) is 0 Å². The summed E-state index contributed by atoms with van der Waals surface area (Å²) in [5.41, 5.74) is 0.571. The Bertz CT molecular complexity index is 872. The molecule has 1 aromatic heterocycles. The fourth-order valence-electron chi connectivity index (χ4n) is 2.29. The number of hydrogen-bond donors (Lipinski definition) is 0. The molecule has 6 heteroatoms. The fraction of sp³-hybridized carbons (Fsp3) is 0. The Morgan fingerprint density at radius 1 is 0.760 bits per heavy atom. The lowest BCUT2D eigenvalue weighted by molar-refractivity contribution is 0.0896. The highest BCUT2D eigenvalue weighted by Crippen LogP contribution is 2.21. The number of benzene rings is 2. The van der Waals surface area contributed by atoms with Crippen molar-refractivity contribution in [3.05, 3.63) is 94.1 Å². The van der Waals surface area contributed by atoms with Crippen LogP contribution < -0.4 is 4.90 Å². The van der Waals surface area contributed by atoms with Crippen LogP contribution in [0.15, 0.2) is 72.9 Å². The minimum absolute atomic E-state index is 0.220. The largest absolute Gasteiger partial charge is 0.268 e. The predicted molar refractivity (Wildman–Crippen MR) is 98.3 cm³/mol. The van der Waals surface area contributed by atoms with Crippen LogP contribution in [0.25, 0.3) is 0 Å². The van der Waals surface area contributed by atoms with Crippen LogP contribution in [-0.2, 0) is 0 Å². The molecule has 0 unspecified atom stereocenters. The Balaban J connectivity index is 2.07. The average molecular weight is 371 g/mol. The van der Waals surface area contributed by atoms with Gasteiger partial charge >= 0.3 is 0 Å². The van der Waals surface area contributed by atoms with Crippen molar-refractivity contribution in [3.8, 4) is 0 Å². The van der Waals surface area contributed by atoms with Crippen LogP contribution in [0.4, 0.5) is 5.82 Å². The molecular weight excluding hydrogens is 359 g/mol. The molecule has 3 aromatic rings. The molecule has 1 heterocycles. The number of carbonyl (C=O) groups is 2. The first-order chi connectivity index (χ1) is 12.1. The van der Waals surface area contributed by atoms with E-state index in [0.29, 0.717) is 10.0 Å². The molecule has 0 saturated heterocycles. The van der Waals surface area contributed by atoms with Crippen LogP contribution in [0, 0.1) is 0 Å². The molecule has 4 nitrogen and oxygen atoms in total. The maximum absolute atomic E-state index is 13.0.